The highest BCUT2D eigenvalue weighted by Gasteiger charge is 2.14. The summed E-state index contributed by atoms with van der Waals surface area (Å²) in [6.07, 6.45) is 1.55. The predicted molar refractivity (Wildman–Crippen MR) is 79.6 cm³/mol. The molecule has 2 aromatic rings. The fourth-order valence-corrected chi connectivity index (χ4v) is 2.01. The number of aromatic nitrogens is 1. The molecule has 0 spiro atoms. The molecule has 0 aliphatic carbocycles. The molecule has 0 aliphatic heterocycles. The number of hydrogen-bond acceptors (Lipinski definition) is 3. The summed E-state index contributed by atoms with van der Waals surface area (Å²) in [4.78, 5) is 16.5. The first kappa shape index (κ1) is 14.0. The van der Waals surface area contributed by atoms with Gasteiger partial charge in [0.15, 0.2) is 0 Å². The van der Waals surface area contributed by atoms with Crippen LogP contribution < -0.4 is 0 Å². The number of carbonyl (C=O) groups excluding carboxylic acids is 1. The van der Waals surface area contributed by atoms with Crippen LogP contribution in [-0.4, -0.2) is 17.6 Å². The first-order valence-corrected chi connectivity index (χ1v) is 6.45. The lowest BCUT2D eigenvalue weighted by Crippen LogP contribution is -2.09. The molecule has 1 aromatic heterocycles. The lowest BCUT2D eigenvalue weighted by atomic mass is 10.0. The third-order valence-electron chi connectivity index (χ3n) is 3.00. The molecule has 0 aliphatic rings. The highest BCUT2D eigenvalue weighted by atomic mass is 16.5. The number of pyridine rings is 1. The Morgan fingerprint density at radius 2 is 2.00 bits per heavy atom. The zero-order valence-electron chi connectivity index (χ0n) is 11.7. The second-order valence-corrected chi connectivity index (χ2v) is 4.54. The molecule has 0 radical (unpaired) electrons. The lowest BCUT2D eigenvalue weighted by molar-refractivity contribution is 0.0548. The van der Waals surface area contributed by atoms with Crippen LogP contribution in [0.4, 0.5) is 0 Å². The van der Waals surface area contributed by atoms with E-state index in [-0.39, 0.29) is 12.6 Å². The van der Waals surface area contributed by atoms with Crippen molar-refractivity contribution in [2.45, 2.75) is 13.8 Å². The van der Waals surface area contributed by atoms with Crippen molar-refractivity contribution < 1.29 is 9.53 Å². The summed E-state index contributed by atoms with van der Waals surface area (Å²) in [7, 11) is 0. The van der Waals surface area contributed by atoms with Gasteiger partial charge in [-0.3, -0.25) is 4.98 Å². The van der Waals surface area contributed by atoms with Crippen LogP contribution in [0.5, 0.6) is 0 Å². The highest BCUT2D eigenvalue weighted by molar-refractivity contribution is 5.91. The Labute approximate surface area is 118 Å². The Morgan fingerprint density at radius 3 is 2.65 bits per heavy atom. The zero-order valence-corrected chi connectivity index (χ0v) is 11.7. The molecule has 0 saturated heterocycles. The molecule has 0 unspecified atom stereocenters. The van der Waals surface area contributed by atoms with E-state index < -0.39 is 0 Å². The van der Waals surface area contributed by atoms with E-state index in [0.29, 0.717) is 11.3 Å². The first-order valence-electron chi connectivity index (χ1n) is 6.45. The minimum atomic E-state index is -0.363. The number of carbonyl (C=O) groups is 1. The number of benzene rings is 1. The van der Waals surface area contributed by atoms with E-state index in [1.54, 1.807) is 6.08 Å². The van der Waals surface area contributed by atoms with Crippen molar-refractivity contribution in [2.75, 3.05) is 6.61 Å². The molecule has 0 bridgehead atoms. The summed E-state index contributed by atoms with van der Waals surface area (Å²) in [6.45, 7) is 7.49. The molecule has 0 atom stereocenters. The summed E-state index contributed by atoms with van der Waals surface area (Å²) < 4.78 is 5.06. The lowest BCUT2D eigenvalue weighted by Gasteiger charge is -2.10. The SMILES string of the molecule is C=CCOC(=O)c1cc(C)c(-c2ccccc2)nc1C. The Bertz CT molecular complexity index is 633. The van der Waals surface area contributed by atoms with E-state index in [2.05, 4.69) is 11.6 Å². The minimum absolute atomic E-state index is 0.206. The maximum absolute atomic E-state index is 11.9. The van der Waals surface area contributed by atoms with Crippen molar-refractivity contribution in [3.05, 3.63) is 65.9 Å². The smallest absolute Gasteiger partial charge is 0.340 e. The van der Waals surface area contributed by atoms with Crippen LogP contribution in [0.1, 0.15) is 21.6 Å². The van der Waals surface area contributed by atoms with Gasteiger partial charge < -0.3 is 4.74 Å². The maximum atomic E-state index is 11.9. The average molecular weight is 267 g/mol. The molecular formula is C17H17NO2. The van der Waals surface area contributed by atoms with Gasteiger partial charge in [0.1, 0.15) is 6.61 Å². The molecular weight excluding hydrogens is 250 g/mol. The monoisotopic (exact) mass is 267 g/mol. The van der Waals surface area contributed by atoms with Gasteiger partial charge in [-0.1, -0.05) is 43.0 Å². The topological polar surface area (TPSA) is 39.2 Å². The fraction of sp³-hybridized carbons (Fsp3) is 0.176. The number of aryl methyl sites for hydroxylation is 2. The molecule has 2 rings (SSSR count). The molecule has 3 heteroatoms. The minimum Gasteiger partial charge on any atom is -0.458 e. The Kier molecular flexibility index (Phi) is 4.31. The quantitative estimate of drug-likeness (QED) is 0.626. The van der Waals surface area contributed by atoms with Crippen molar-refractivity contribution in [2.24, 2.45) is 0 Å². The summed E-state index contributed by atoms with van der Waals surface area (Å²) in [5, 5.41) is 0. The van der Waals surface area contributed by atoms with Gasteiger partial charge in [0.2, 0.25) is 0 Å². The van der Waals surface area contributed by atoms with Crippen LogP contribution in [-0.2, 0) is 4.74 Å². The Balaban J connectivity index is 2.39. The summed E-state index contributed by atoms with van der Waals surface area (Å²) in [6, 6.07) is 11.7. The van der Waals surface area contributed by atoms with Crippen molar-refractivity contribution in [3.8, 4) is 11.3 Å². The number of nitrogens with zero attached hydrogens (tertiary/aromatic N) is 1. The van der Waals surface area contributed by atoms with Crippen LogP contribution in [0, 0.1) is 13.8 Å². The average Bonchev–Trinajstić information content (AvgIpc) is 2.47. The van der Waals surface area contributed by atoms with E-state index in [0.717, 1.165) is 16.8 Å². The second-order valence-electron chi connectivity index (χ2n) is 4.54. The van der Waals surface area contributed by atoms with Gasteiger partial charge in [0.25, 0.3) is 0 Å². The van der Waals surface area contributed by atoms with E-state index in [1.807, 2.05) is 50.2 Å². The van der Waals surface area contributed by atoms with Gasteiger partial charge in [-0.15, -0.1) is 0 Å². The summed E-state index contributed by atoms with van der Waals surface area (Å²) in [5.41, 5.74) is 4.06. The molecule has 0 fully saturated rings. The van der Waals surface area contributed by atoms with Gasteiger partial charge in [0.05, 0.1) is 17.0 Å². The third kappa shape index (κ3) is 2.94. The largest absolute Gasteiger partial charge is 0.458 e. The van der Waals surface area contributed by atoms with Gasteiger partial charge in [-0.05, 0) is 25.5 Å². The molecule has 3 nitrogen and oxygen atoms in total. The normalized spacial score (nSPS) is 10.1. The molecule has 1 aromatic carbocycles. The van der Waals surface area contributed by atoms with E-state index in [4.69, 9.17) is 4.74 Å². The van der Waals surface area contributed by atoms with Crippen molar-refractivity contribution in [1.82, 2.24) is 4.98 Å². The maximum Gasteiger partial charge on any atom is 0.340 e. The van der Waals surface area contributed by atoms with E-state index in [9.17, 15) is 4.79 Å². The standard InChI is InChI=1S/C17H17NO2/c1-4-10-20-17(19)15-11-12(2)16(18-13(15)3)14-8-6-5-7-9-14/h4-9,11H,1,10H2,2-3H3. The van der Waals surface area contributed by atoms with Crippen LogP contribution in [0.25, 0.3) is 11.3 Å². The second kappa shape index (κ2) is 6.15. The number of esters is 1. The number of hydrogen-bond donors (Lipinski definition) is 0. The van der Waals surface area contributed by atoms with Crippen LogP contribution in [0.15, 0.2) is 49.1 Å². The molecule has 0 amide bonds. The van der Waals surface area contributed by atoms with Gasteiger partial charge >= 0.3 is 5.97 Å². The van der Waals surface area contributed by atoms with E-state index in [1.165, 1.54) is 0 Å². The van der Waals surface area contributed by atoms with Crippen molar-refractivity contribution >= 4 is 5.97 Å². The van der Waals surface area contributed by atoms with Crippen LogP contribution in [0.2, 0.25) is 0 Å². The molecule has 1 heterocycles. The molecule has 0 saturated carbocycles. The van der Waals surface area contributed by atoms with Crippen molar-refractivity contribution in [3.63, 3.8) is 0 Å². The van der Waals surface area contributed by atoms with Crippen LogP contribution >= 0.6 is 0 Å². The highest BCUT2D eigenvalue weighted by Crippen LogP contribution is 2.23. The molecule has 0 N–H and O–H groups in total. The number of ether oxygens (including phenoxy) is 1. The third-order valence-corrected chi connectivity index (χ3v) is 3.00. The van der Waals surface area contributed by atoms with E-state index >= 15 is 0 Å². The Hall–Kier alpha value is -2.42. The fourth-order valence-electron chi connectivity index (χ4n) is 2.01. The first-order chi connectivity index (χ1) is 9.63. The Morgan fingerprint density at radius 1 is 1.30 bits per heavy atom. The van der Waals surface area contributed by atoms with Gasteiger partial charge in [-0.2, -0.15) is 0 Å². The molecule has 102 valence electrons. The van der Waals surface area contributed by atoms with Gasteiger partial charge in [0, 0.05) is 5.56 Å². The van der Waals surface area contributed by atoms with Crippen molar-refractivity contribution in [1.29, 1.82) is 0 Å². The molecule has 20 heavy (non-hydrogen) atoms. The predicted octanol–water partition coefficient (Wildman–Crippen LogP) is 3.71. The van der Waals surface area contributed by atoms with Gasteiger partial charge in [-0.25, -0.2) is 4.79 Å². The van der Waals surface area contributed by atoms with Crippen LogP contribution in [0.3, 0.4) is 0 Å². The number of rotatable bonds is 4. The summed E-state index contributed by atoms with van der Waals surface area (Å²) >= 11 is 0. The zero-order chi connectivity index (χ0) is 14.5. The summed E-state index contributed by atoms with van der Waals surface area (Å²) in [5.74, 6) is -0.363.